The van der Waals surface area contributed by atoms with Gasteiger partial charge in [0.25, 0.3) is 0 Å². The molecule has 0 radical (unpaired) electrons. The number of unbranched alkanes of at least 4 members (excludes halogenated alkanes) is 4. The van der Waals surface area contributed by atoms with Gasteiger partial charge in [-0.25, -0.2) is 14.4 Å². The van der Waals surface area contributed by atoms with Crippen LogP contribution in [0.3, 0.4) is 0 Å². The van der Waals surface area contributed by atoms with E-state index in [4.69, 9.17) is 14.2 Å². The molecule has 0 saturated carbocycles. The molecule has 0 aliphatic heterocycles. The second kappa shape index (κ2) is 27.5. The molecular formula is C42H55N5O10. The van der Waals surface area contributed by atoms with Crippen molar-refractivity contribution in [2.75, 3.05) is 26.7 Å². The van der Waals surface area contributed by atoms with Crippen LogP contribution in [0.5, 0.6) is 5.75 Å². The minimum Gasteiger partial charge on any atom is -0.453 e. The summed E-state index contributed by atoms with van der Waals surface area (Å²) in [5.41, 5.74) is 1.63. The van der Waals surface area contributed by atoms with Crippen molar-refractivity contribution < 1.29 is 47.7 Å². The maximum atomic E-state index is 13.7. The topological polar surface area (TPSA) is 199 Å². The van der Waals surface area contributed by atoms with Crippen molar-refractivity contribution in [2.24, 2.45) is 0 Å². The normalized spacial score (nSPS) is 11.5. The summed E-state index contributed by atoms with van der Waals surface area (Å²) >= 11 is 0. The number of amides is 5. The van der Waals surface area contributed by atoms with Crippen LogP contribution in [-0.4, -0.2) is 74.9 Å². The molecule has 0 saturated heterocycles. The molecule has 308 valence electrons. The van der Waals surface area contributed by atoms with Gasteiger partial charge in [0.05, 0.1) is 7.11 Å². The Balaban J connectivity index is 1.54. The molecule has 0 aliphatic carbocycles. The van der Waals surface area contributed by atoms with Crippen molar-refractivity contribution in [3.05, 3.63) is 102 Å². The van der Waals surface area contributed by atoms with Crippen LogP contribution in [0, 0.1) is 0 Å². The predicted molar refractivity (Wildman–Crippen MR) is 212 cm³/mol. The predicted octanol–water partition coefficient (Wildman–Crippen LogP) is 5.67. The average molecular weight is 790 g/mol. The van der Waals surface area contributed by atoms with Gasteiger partial charge in [-0.05, 0) is 74.6 Å². The van der Waals surface area contributed by atoms with Crippen molar-refractivity contribution in [1.29, 1.82) is 0 Å². The van der Waals surface area contributed by atoms with E-state index in [1.165, 1.54) is 7.11 Å². The third-order valence-corrected chi connectivity index (χ3v) is 8.56. The molecule has 0 bridgehead atoms. The lowest BCUT2D eigenvalue weighted by molar-refractivity contribution is -0.134. The first-order valence-electron chi connectivity index (χ1n) is 19.3. The zero-order chi connectivity index (χ0) is 40.9. The van der Waals surface area contributed by atoms with Crippen molar-refractivity contribution in [1.82, 2.24) is 26.6 Å². The number of alkyl carbamates (subject to hydrolysis) is 3. The summed E-state index contributed by atoms with van der Waals surface area (Å²) in [7, 11) is 1.26. The Morgan fingerprint density at radius 3 is 1.58 bits per heavy atom. The fourth-order valence-electron chi connectivity index (χ4n) is 5.47. The fourth-order valence-corrected chi connectivity index (χ4v) is 5.47. The molecule has 3 aromatic carbocycles. The fraction of sp³-hybridized carbons (Fsp3) is 0.429. The molecule has 2 atom stereocenters. The molecule has 57 heavy (non-hydrogen) atoms. The van der Waals surface area contributed by atoms with Crippen LogP contribution in [0.25, 0.3) is 0 Å². The average Bonchev–Trinajstić information content (AvgIpc) is 3.23. The molecular weight excluding hydrogens is 734 g/mol. The van der Waals surface area contributed by atoms with Gasteiger partial charge in [-0.3, -0.25) is 14.4 Å². The number of methoxy groups -OCH3 is 1. The van der Waals surface area contributed by atoms with Crippen molar-refractivity contribution in [2.45, 2.75) is 89.5 Å². The third kappa shape index (κ3) is 20.4. The van der Waals surface area contributed by atoms with E-state index in [1.807, 2.05) is 54.6 Å². The SMILES string of the molecule is COC(=O)NCCCC[C@H](NC(=O)OCc1ccccc1)C(=O)N[C@@H](CCCCNC(=O)OCc1ccccc1)C(=O)NCCCCCC(=O)Oc1ccccc1. The van der Waals surface area contributed by atoms with Gasteiger partial charge in [-0.2, -0.15) is 0 Å². The first-order chi connectivity index (χ1) is 27.7. The molecule has 5 N–H and O–H groups in total. The molecule has 0 unspecified atom stereocenters. The van der Waals surface area contributed by atoms with Gasteiger partial charge in [-0.1, -0.05) is 85.3 Å². The summed E-state index contributed by atoms with van der Waals surface area (Å²) in [6, 6.07) is 25.2. The number of rotatable bonds is 25. The summed E-state index contributed by atoms with van der Waals surface area (Å²) in [6.07, 6.45) is 2.48. The van der Waals surface area contributed by atoms with Gasteiger partial charge in [-0.15, -0.1) is 0 Å². The standard InChI is InChI=1S/C42H55N5O10/c1-54-40(51)44-28-16-14-25-36(47-42(53)56-31-33-20-8-3-9-21-33)39(50)46-35(24-13-17-29-45-41(52)55-30-32-18-6-2-7-19-32)38(49)43-27-15-5-12-26-37(48)57-34-22-10-4-11-23-34/h2-4,6-11,18-23,35-36H,5,12-17,24-31H2,1H3,(H,43,49)(H,44,51)(H,45,52)(H,46,50)(H,47,53)/t35-,36-/m0/s1. The Kier molecular flexibility index (Phi) is 21.8. The molecule has 15 heteroatoms. The van der Waals surface area contributed by atoms with Crippen molar-refractivity contribution >= 4 is 36.1 Å². The number of hydrogen-bond donors (Lipinski definition) is 5. The quantitative estimate of drug-likeness (QED) is 0.0308. The van der Waals surface area contributed by atoms with Crippen LogP contribution in [-0.2, 0) is 41.8 Å². The van der Waals surface area contributed by atoms with Gasteiger partial charge < -0.3 is 45.5 Å². The Labute approximate surface area is 333 Å². The number of ether oxygens (including phenoxy) is 4. The van der Waals surface area contributed by atoms with Gasteiger partial charge in [0.2, 0.25) is 11.8 Å². The number of benzene rings is 3. The van der Waals surface area contributed by atoms with Gasteiger partial charge in [0.15, 0.2) is 0 Å². The first kappa shape index (κ1) is 45.3. The Morgan fingerprint density at radius 1 is 0.509 bits per heavy atom. The lowest BCUT2D eigenvalue weighted by atomic mass is 10.1. The lowest BCUT2D eigenvalue weighted by Gasteiger charge is -2.23. The van der Waals surface area contributed by atoms with E-state index in [0.29, 0.717) is 70.3 Å². The van der Waals surface area contributed by atoms with Gasteiger partial charge in [0, 0.05) is 26.1 Å². The van der Waals surface area contributed by atoms with E-state index in [1.54, 1.807) is 36.4 Å². The Morgan fingerprint density at radius 2 is 1.00 bits per heavy atom. The van der Waals surface area contributed by atoms with E-state index in [0.717, 1.165) is 11.1 Å². The molecule has 3 rings (SSSR count). The molecule has 15 nitrogen and oxygen atoms in total. The smallest absolute Gasteiger partial charge is 0.408 e. The van der Waals surface area contributed by atoms with Crippen LogP contribution >= 0.6 is 0 Å². The minimum atomic E-state index is -1.04. The summed E-state index contributed by atoms with van der Waals surface area (Å²) < 4.78 is 20.5. The molecule has 0 aliphatic rings. The summed E-state index contributed by atoms with van der Waals surface area (Å²) in [6.45, 7) is 1.04. The Bertz CT molecular complexity index is 1650. The summed E-state index contributed by atoms with van der Waals surface area (Å²) in [5, 5.41) is 13.6. The highest BCUT2D eigenvalue weighted by Crippen LogP contribution is 2.11. The maximum absolute atomic E-state index is 13.7. The second-order valence-electron chi connectivity index (χ2n) is 13.1. The zero-order valence-corrected chi connectivity index (χ0v) is 32.5. The molecule has 0 fully saturated rings. The van der Waals surface area contributed by atoms with Gasteiger partial charge in [0.1, 0.15) is 31.0 Å². The van der Waals surface area contributed by atoms with Crippen LogP contribution in [0.2, 0.25) is 0 Å². The van der Waals surface area contributed by atoms with Crippen LogP contribution in [0.15, 0.2) is 91.0 Å². The number of hydrogen-bond acceptors (Lipinski definition) is 10. The van der Waals surface area contributed by atoms with E-state index < -0.39 is 42.2 Å². The number of para-hydroxylation sites is 1. The summed E-state index contributed by atoms with van der Waals surface area (Å²) in [5.74, 6) is -0.834. The highest BCUT2D eigenvalue weighted by molar-refractivity contribution is 5.91. The van der Waals surface area contributed by atoms with E-state index in [9.17, 15) is 28.8 Å². The number of carbonyl (C=O) groups is 6. The number of esters is 1. The van der Waals surface area contributed by atoms with E-state index in [2.05, 4.69) is 31.3 Å². The highest BCUT2D eigenvalue weighted by Gasteiger charge is 2.27. The zero-order valence-electron chi connectivity index (χ0n) is 32.5. The first-order valence-corrected chi connectivity index (χ1v) is 19.3. The largest absolute Gasteiger partial charge is 0.453 e. The molecule has 0 spiro atoms. The molecule has 5 amide bonds. The third-order valence-electron chi connectivity index (χ3n) is 8.56. The second-order valence-corrected chi connectivity index (χ2v) is 13.1. The van der Waals surface area contributed by atoms with Crippen molar-refractivity contribution in [3.8, 4) is 5.75 Å². The maximum Gasteiger partial charge on any atom is 0.408 e. The van der Waals surface area contributed by atoms with E-state index >= 15 is 0 Å². The monoisotopic (exact) mass is 789 g/mol. The van der Waals surface area contributed by atoms with E-state index in [-0.39, 0.29) is 38.4 Å². The molecule has 3 aromatic rings. The van der Waals surface area contributed by atoms with Crippen LogP contribution < -0.4 is 31.3 Å². The number of carbonyl (C=O) groups excluding carboxylic acids is 6. The minimum absolute atomic E-state index is 0.00284. The highest BCUT2D eigenvalue weighted by atomic mass is 16.6. The molecule has 0 aromatic heterocycles. The van der Waals surface area contributed by atoms with Gasteiger partial charge >= 0.3 is 24.2 Å². The number of nitrogens with one attached hydrogen (secondary N) is 5. The molecule has 0 heterocycles. The van der Waals surface area contributed by atoms with Crippen LogP contribution in [0.1, 0.15) is 75.3 Å². The Hall–Kier alpha value is -6.12. The van der Waals surface area contributed by atoms with Crippen molar-refractivity contribution in [3.63, 3.8) is 0 Å². The lowest BCUT2D eigenvalue weighted by Crippen LogP contribution is -2.54. The summed E-state index contributed by atoms with van der Waals surface area (Å²) in [4.78, 5) is 75.8. The van der Waals surface area contributed by atoms with Crippen LogP contribution in [0.4, 0.5) is 14.4 Å².